The van der Waals surface area contributed by atoms with Gasteiger partial charge in [0.05, 0.1) is 5.41 Å². The monoisotopic (exact) mass is 282 g/mol. The van der Waals surface area contributed by atoms with Crippen LogP contribution in [0.25, 0.3) is 0 Å². The van der Waals surface area contributed by atoms with Crippen molar-refractivity contribution in [2.45, 2.75) is 32.7 Å². The van der Waals surface area contributed by atoms with Gasteiger partial charge in [-0.1, -0.05) is 19.4 Å². The number of nitrogens with one attached hydrogen (secondary N) is 2. The van der Waals surface area contributed by atoms with Crippen LogP contribution in [-0.4, -0.2) is 19.0 Å². The molecule has 5 heteroatoms. The zero-order chi connectivity index (χ0) is 14.6. The van der Waals surface area contributed by atoms with Crippen molar-refractivity contribution in [2.75, 3.05) is 13.1 Å². The molecule has 0 spiro atoms. The maximum atomic E-state index is 13.1. The van der Waals surface area contributed by atoms with Crippen LogP contribution in [0.5, 0.6) is 0 Å². The smallest absolute Gasteiger partial charge is 0.227 e. The van der Waals surface area contributed by atoms with Gasteiger partial charge in [0.15, 0.2) is 11.6 Å². The average molecular weight is 282 g/mol. The van der Waals surface area contributed by atoms with E-state index in [1.165, 1.54) is 6.07 Å². The Morgan fingerprint density at radius 1 is 1.40 bits per heavy atom. The van der Waals surface area contributed by atoms with Crippen LogP contribution in [0.1, 0.15) is 31.7 Å². The van der Waals surface area contributed by atoms with E-state index in [9.17, 15) is 13.6 Å². The molecule has 0 saturated carbocycles. The van der Waals surface area contributed by atoms with E-state index < -0.39 is 11.6 Å². The molecule has 110 valence electrons. The minimum atomic E-state index is -0.887. The molecule has 0 bridgehead atoms. The molecule has 1 atom stereocenters. The van der Waals surface area contributed by atoms with Gasteiger partial charge in [-0.05, 0) is 37.1 Å². The van der Waals surface area contributed by atoms with Gasteiger partial charge in [-0.15, -0.1) is 0 Å². The second-order valence-corrected chi connectivity index (χ2v) is 5.39. The lowest BCUT2D eigenvalue weighted by Gasteiger charge is -2.26. The Morgan fingerprint density at radius 3 is 2.80 bits per heavy atom. The van der Waals surface area contributed by atoms with Crippen molar-refractivity contribution >= 4 is 5.91 Å². The SMILES string of the molecule is CCCC1(C(=O)NCc2ccc(F)c(F)c2)CCNC1. The Kier molecular flexibility index (Phi) is 4.70. The van der Waals surface area contributed by atoms with Crippen LogP contribution in [0.15, 0.2) is 18.2 Å². The number of benzene rings is 1. The molecule has 1 saturated heterocycles. The predicted molar refractivity (Wildman–Crippen MR) is 73.0 cm³/mol. The van der Waals surface area contributed by atoms with Gasteiger partial charge in [0.1, 0.15) is 0 Å². The van der Waals surface area contributed by atoms with Gasteiger partial charge < -0.3 is 10.6 Å². The Morgan fingerprint density at radius 2 is 2.20 bits per heavy atom. The highest BCUT2D eigenvalue weighted by atomic mass is 19.2. The Bertz CT molecular complexity index is 485. The van der Waals surface area contributed by atoms with Crippen LogP contribution in [-0.2, 0) is 11.3 Å². The van der Waals surface area contributed by atoms with Crippen molar-refractivity contribution in [3.05, 3.63) is 35.4 Å². The molecule has 20 heavy (non-hydrogen) atoms. The first-order chi connectivity index (χ1) is 9.57. The third-order valence-electron chi connectivity index (χ3n) is 3.89. The second kappa shape index (κ2) is 6.31. The summed E-state index contributed by atoms with van der Waals surface area (Å²) in [6.07, 6.45) is 2.61. The Balaban J connectivity index is 1.98. The fourth-order valence-corrected chi connectivity index (χ4v) is 2.76. The first kappa shape index (κ1) is 14.9. The van der Waals surface area contributed by atoms with E-state index in [2.05, 4.69) is 17.6 Å². The summed E-state index contributed by atoms with van der Waals surface area (Å²) in [6, 6.07) is 3.68. The van der Waals surface area contributed by atoms with Crippen LogP contribution in [0.2, 0.25) is 0 Å². The number of rotatable bonds is 5. The van der Waals surface area contributed by atoms with Crippen molar-refractivity contribution < 1.29 is 13.6 Å². The summed E-state index contributed by atoms with van der Waals surface area (Å²) in [7, 11) is 0. The highest BCUT2D eigenvalue weighted by molar-refractivity contribution is 5.83. The molecule has 1 aromatic rings. The summed E-state index contributed by atoms with van der Waals surface area (Å²) in [5.41, 5.74) is 0.211. The fraction of sp³-hybridized carbons (Fsp3) is 0.533. The third-order valence-corrected chi connectivity index (χ3v) is 3.89. The molecule has 2 rings (SSSR count). The summed E-state index contributed by atoms with van der Waals surface area (Å²) >= 11 is 0. The van der Waals surface area contributed by atoms with E-state index in [1.54, 1.807) is 0 Å². The van der Waals surface area contributed by atoms with Gasteiger partial charge >= 0.3 is 0 Å². The molecule has 1 aromatic carbocycles. The fourth-order valence-electron chi connectivity index (χ4n) is 2.76. The average Bonchev–Trinajstić information content (AvgIpc) is 2.90. The lowest BCUT2D eigenvalue weighted by atomic mass is 9.81. The lowest BCUT2D eigenvalue weighted by Crippen LogP contribution is -2.42. The van der Waals surface area contributed by atoms with Crippen molar-refractivity contribution in [3.8, 4) is 0 Å². The number of hydrogen-bond donors (Lipinski definition) is 2. The van der Waals surface area contributed by atoms with Gasteiger partial charge in [0, 0.05) is 13.1 Å². The van der Waals surface area contributed by atoms with E-state index >= 15 is 0 Å². The molecule has 0 aromatic heterocycles. The van der Waals surface area contributed by atoms with Gasteiger partial charge in [0.25, 0.3) is 0 Å². The van der Waals surface area contributed by atoms with Crippen molar-refractivity contribution in [2.24, 2.45) is 5.41 Å². The zero-order valence-corrected chi connectivity index (χ0v) is 11.6. The largest absolute Gasteiger partial charge is 0.352 e. The Labute approximate surface area is 117 Å². The number of hydrogen-bond acceptors (Lipinski definition) is 2. The standard InChI is InChI=1S/C15H20F2N2O/c1-2-5-15(6-7-18-10-15)14(20)19-9-11-3-4-12(16)13(17)8-11/h3-4,8,18H,2,5-7,9-10H2,1H3,(H,19,20). The summed E-state index contributed by atoms with van der Waals surface area (Å²) < 4.78 is 25.9. The summed E-state index contributed by atoms with van der Waals surface area (Å²) in [4.78, 5) is 12.4. The van der Waals surface area contributed by atoms with Gasteiger partial charge in [-0.2, -0.15) is 0 Å². The quantitative estimate of drug-likeness (QED) is 0.870. The highest BCUT2D eigenvalue weighted by Gasteiger charge is 2.39. The molecule has 2 N–H and O–H groups in total. The third kappa shape index (κ3) is 3.15. The molecule has 1 aliphatic rings. The zero-order valence-electron chi connectivity index (χ0n) is 11.6. The summed E-state index contributed by atoms with van der Waals surface area (Å²) in [6.45, 7) is 3.81. The Hall–Kier alpha value is -1.49. The maximum absolute atomic E-state index is 13.1. The van der Waals surface area contributed by atoms with Crippen LogP contribution < -0.4 is 10.6 Å². The number of amides is 1. The molecule has 1 heterocycles. The summed E-state index contributed by atoms with van der Waals surface area (Å²) in [5, 5.41) is 6.07. The molecular weight excluding hydrogens is 262 g/mol. The van der Waals surface area contributed by atoms with Crippen molar-refractivity contribution in [1.29, 1.82) is 0 Å². The second-order valence-electron chi connectivity index (χ2n) is 5.39. The van der Waals surface area contributed by atoms with E-state index in [-0.39, 0.29) is 17.9 Å². The van der Waals surface area contributed by atoms with Crippen LogP contribution >= 0.6 is 0 Å². The van der Waals surface area contributed by atoms with Crippen LogP contribution in [0.4, 0.5) is 8.78 Å². The van der Waals surface area contributed by atoms with Crippen molar-refractivity contribution in [3.63, 3.8) is 0 Å². The maximum Gasteiger partial charge on any atom is 0.227 e. The van der Waals surface area contributed by atoms with Gasteiger partial charge in [0.2, 0.25) is 5.91 Å². The molecule has 1 unspecified atom stereocenters. The van der Waals surface area contributed by atoms with Crippen LogP contribution in [0, 0.1) is 17.0 Å². The van der Waals surface area contributed by atoms with E-state index in [1.807, 2.05) is 0 Å². The van der Waals surface area contributed by atoms with Gasteiger partial charge in [-0.25, -0.2) is 8.78 Å². The van der Waals surface area contributed by atoms with E-state index in [0.29, 0.717) is 12.1 Å². The topological polar surface area (TPSA) is 41.1 Å². The molecule has 3 nitrogen and oxygen atoms in total. The highest BCUT2D eigenvalue weighted by Crippen LogP contribution is 2.31. The molecule has 1 amide bonds. The summed E-state index contributed by atoms with van der Waals surface area (Å²) in [5.74, 6) is -1.76. The molecule has 0 radical (unpaired) electrons. The molecule has 0 aliphatic carbocycles. The minimum Gasteiger partial charge on any atom is -0.352 e. The number of carbonyl (C=O) groups excluding carboxylic acids is 1. The molecule has 1 aliphatic heterocycles. The van der Waals surface area contributed by atoms with E-state index in [0.717, 1.165) is 37.9 Å². The normalized spacial score (nSPS) is 21.9. The first-order valence-electron chi connectivity index (χ1n) is 7.00. The minimum absolute atomic E-state index is 0.00548. The number of carbonyl (C=O) groups is 1. The molecular formula is C15H20F2N2O. The van der Waals surface area contributed by atoms with Gasteiger partial charge in [-0.3, -0.25) is 4.79 Å². The number of halogens is 2. The first-order valence-corrected chi connectivity index (χ1v) is 7.00. The predicted octanol–water partition coefficient (Wildman–Crippen LogP) is 2.36. The molecule has 1 fully saturated rings. The lowest BCUT2D eigenvalue weighted by molar-refractivity contribution is -0.130. The van der Waals surface area contributed by atoms with Crippen molar-refractivity contribution in [1.82, 2.24) is 10.6 Å². The van der Waals surface area contributed by atoms with Crippen LogP contribution in [0.3, 0.4) is 0 Å². The van der Waals surface area contributed by atoms with E-state index in [4.69, 9.17) is 0 Å².